The Bertz CT molecular complexity index is 1870. The molecule has 10 aromatic rings. The van der Waals surface area contributed by atoms with E-state index in [-0.39, 0.29) is 0 Å². The van der Waals surface area contributed by atoms with E-state index in [0.29, 0.717) is 11.8 Å². The molecule has 10 rings (SSSR count). The van der Waals surface area contributed by atoms with Gasteiger partial charge in [0.15, 0.2) is 0 Å². The van der Waals surface area contributed by atoms with Gasteiger partial charge in [-0.2, -0.15) is 24.8 Å². The molecule has 0 radical (unpaired) electrons. The highest BCUT2D eigenvalue weighted by Gasteiger charge is 1.90. The molecule has 0 atom stereocenters. The second-order valence-corrected chi connectivity index (χ2v) is 16.0. The van der Waals surface area contributed by atoms with E-state index in [9.17, 15) is 0 Å². The van der Waals surface area contributed by atoms with E-state index in [2.05, 4.69) is 79.4 Å². The Morgan fingerprint density at radius 2 is 1.01 bits per heavy atom. The van der Waals surface area contributed by atoms with E-state index >= 15 is 0 Å². The lowest BCUT2D eigenvalue weighted by Gasteiger charge is -1.77. The molecule has 0 unspecified atom stereocenters. The topological polar surface area (TPSA) is 238 Å². The summed E-state index contributed by atoms with van der Waals surface area (Å²) in [6, 6.07) is 9.70. The smallest absolute Gasteiger partial charge is 0.213 e. The summed E-state index contributed by atoms with van der Waals surface area (Å²) in [6.45, 7) is 51.4. The number of aryl methyl sites for hydroxylation is 12. The summed E-state index contributed by atoms with van der Waals surface area (Å²) in [5.41, 5.74) is 5.75. The third-order valence-electron chi connectivity index (χ3n) is 6.03. The van der Waals surface area contributed by atoms with Gasteiger partial charge in [0.1, 0.15) is 22.7 Å². The number of H-pyrrole nitrogens is 3. The zero-order valence-corrected chi connectivity index (χ0v) is 56.3. The van der Waals surface area contributed by atoms with Crippen LogP contribution in [0.2, 0.25) is 0 Å². The van der Waals surface area contributed by atoms with Gasteiger partial charge < -0.3 is 8.98 Å². The highest BCUT2D eigenvalue weighted by molar-refractivity contribution is 7.11. The fourth-order valence-electron chi connectivity index (χ4n) is 3.16. The molecule has 444 valence electrons. The Kier molecular flexibility index (Phi) is 84.6. The van der Waals surface area contributed by atoms with E-state index in [1.165, 1.54) is 50.6 Å². The van der Waals surface area contributed by atoms with Gasteiger partial charge in [0.25, 0.3) is 0 Å². The minimum absolute atomic E-state index is 0.623. The van der Waals surface area contributed by atoms with Gasteiger partial charge in [-0.1, -0.05) is 111 Å². The summed E-state index contributed by atoms with van der Waals surface area (Å²) in [5.74, 6) is 1.25. The number of hydrogen-bond acceptors (Lipinski definition) is 18. The minimum Gasteiger partial charge on any atom is -0.426 e. The van der Waals surface area contributed by atoms with Crippen molar-refractivity contribution in [3.8, 4) is 0 Å². The molecule has 78 heavy (non-hydrogen) atoms. The maximum atomic E-state index is 4.86. The van der Waals surface area contributed by atoms with Crippen LogP contribution in [-0.2, 0) is 14.1 Å². The highest BCUT2D eigenvalue weighted by atomic mass is 32.1. The van der Waals surface area contributed by atoms with Crippen molar-refractivity contribution in [3.63, 3.8) is 0 Å². The van der Waals surface area contributed by atoms with E-state index in [0.717, 1.165) is 27.1 Å². The van der Waals surface area contributed by atoms with Crippen molar-refractivity contribution in [2.45, 2.75) is 180 Å². The minimum atomic E-state index is 0.623. The molecular weight excluding hydrogens is 1060 g/mol. The molecule has 0 bridgehead atoms. The molecule has 0 aliphatic rings. The number of nitrogens with zero attached hydrogens (tertiary/aromatic N) is 15. The molecule has 0 saturated carbocycles. The van der Waals surface area contributed by atoms with Gasteiger partial charge in [-0.25, -0.2) is 8.75 Å². The maximum absolute atomic E-state index is 4.86. The van der Waals surface area contributed by atoms with E-state index < -0.39 is 0 Å². The van der Waals surface area contributed by atoms with Crippen LogP contribution in [0.25, 0.3) is 0 Å². The second-order valence-electron chi connectivity index (χ2n) is 12.2. The summed E-state index contributed by atoms with van der Waals surface area (Å²) in [7, 11) is 3.76. The van der Waals surface area contributed by atoms with Gasteiger partial charge in [-0.05, 0) is 131 Å². The van der Waals surface area contributed by atoms with Crippen LogP contribution in [0, 0.1) is 69.2 Å². The number of nitrogens with one attached hydrogen (secondary N) is 3. The van der Waals surface area contributed by atoms with Crippen LogP contribution in [0.15, 0.2) is 108 Å². The molecule has 0 aliphatic carbocycles. The largest absolute Gasteiger partial charge is 0.426 e. The summed E-state index contributed by atoms with van der Waals surface area (Å²) in [6.07, 6.45) is 17.7. The average Bonchev–Trinajstić information content (AvgIpc) is 4.29. The third-order valence-corrected chi connectivity index (χ3v) is 8.79. The van der Waals surface area contributed by atoms with Crippen LogP contribution in [0.3, 0.4) is 0 Å². The van der Waals surface area contributed by atoms with E-state index in [4.69, 9.17) is 4.42 Å². The summed E-state index contributed by atoms with van der Waals surface area (Å²) in [4.78, 5) is 1.27. The van der Waals surface area contributed by atoms with Gasteiger partial charge in [-0.15, -0.1) is 41.9 Å². The Morgan fingerprint density at radius 1 is 0.513 bits per heavy atom. The monoisotopic (exact) mass is 1160 g/mol. The van der Waals surface area contributed by atoms with Crippen LogP contribution in [0.1, 0.15) is 166 Å². The van der Waals surface area contributed by atoms with Crippen molar-refractivity contribution in [3.05, 3.63) is 158 Å². The van der Waals surface area contributed by atoms with Crippen molar-refractivity contribution < 1.29 is 4.42 Å². The van der Waals surface area contributed by atoms with Crippen LogP contribution >= 0.6 is 45.9 Å². The van der Waals surface area contributed by atoms with E-state index in [1.807, 2.05) is 240 Å². The molecule has 10 heterocycles. The first kappa shape index (κ1) is 88.2. The molecule has 23 heteroatoms. The summed E-state index contributed by atoms with van der Waals surface area (Å²) < 4.78 is 20.1. The van der Waals surface area contributed by atoms with E-state index in [1.54, 1.807) is 78.1 Å². The molecule has 0 saturated heterocycles. The maximum Gasteiger partial charge on any atom is 0.213 e. The molecule has 0 spiro atoms. The first-order valence-electron chi connectivity index (χ1n) is 26.5. The predicted octanol–water partition coefficient (Wildman–Crippen LogP) is 16.8. The van der Waals surface area contributed by atoms with Crippen LogP contribution < -0.4 is 0 Å². The number of hydrogen-bond donors (Lipinski definition) is 3. The van der Waals surface area contributed by atoms with Crippen molar-refractivity contribution in [1.29, 1.82) is 0 Å². The number of aromatic amines is 3. The third kappa shape index (κ3) is 71.6. The molecule has 0 aliphatic heterocycles. The first-order valence-corrected chi connectivity index (χ1v) is 29.7. The molecule has 0 aromatic carbocycles. The zero-order chi connectivity index (χ0) is 61.8. The number of rotatable bonds is 0. The van der Waals surface area contributed by atoms with Crippen LogP contribution in [0.5, 0.6) is 0 Å². The molecule has 0 fully saturated rings. The lowest BCUT2D eigenvalue weighted by molar-refractivity contribution is 0.489. The fraction of sp³-hybridized carbons (Fsp3) is 0.509. The SMILES string of the molecule is CC.CC.CC.CC.CC.CC.CC.CC.Cc1ccn[nH]1.Cc1ccn[nH]1.Cc1ccns1.Cc1ccsn1.Cc1cn[nH]c1.Cc1cnsc1.Cc1nnc(C)o1.Cc1nnc(C)s1.Cn1cccn1.Cn1cnnc1. The van der Waals surface area contributed by atoms with Crippen molar-refractivity contribution in [2.75, 3.05) is 0 Å². The molecular formula is C55H104N18OS4. The van der Waals surface area contributed by atoms with Gasteiger partial charge in [0, 0.05) is 98.3 Å². The second kappa shape index (κ2) is 74.8. The van der Waals surface area contributed by atoms with Crippen molar-refractivity contribution in [1.82, 2.24) is 88.7 Å². The molecule has 0 amide bonds. The first-order chi connectivity index (χ1) is 37.7. The van der Waals surface area contributed by atoms with Gasteiger partial charge >= 0.3 is 0 Å². The standard InChI is InChI=1S/C4H6N2O.C4H6N2S.4C4H6N2.3C4H5NS.C3H5N3.8C2H6/c2*1-3-5-6-4(2)7-3;1-4-2-5-6-3-4;1-6-4-2-3-5-6;2*1-4-2-3-5-6-4;1-4-2-5-6-3-4;1-4-2-3-6-5-4;1-4-2-3-5-6-4;1-6-2-4-5-3-6;8*1-2/h2*1-2H3;2-3H,1H3,(H,5,6);2-4H,1H3;2*2-3H,1H3,(H,5,6);4*2-3H,1H3;8*1-2H3. The van der Waals surface area contributed by atoms with Gasteiger partial charge in [-0.3, -0.25) is 20.0 Å². The molecule has 19 nitrogen and oxygen atoms in total. The average molecular weight is 1160 g/mol. The van der Waals surface area contributed by atoms with Crippen molar-refractivity contribution in [2.24, 2.45) is 14.1 Å². The Hall–Kier alpha value is -6.43. The van der Waals surface area contributed by atoms with Crippen molar-refractivity contribution >= 4 is 45.9 Å². The quantitative estimate of drug-likeness (QED) is 0.128. The summed E-state index contributed by atoms with van der Waals surface area (Å²) in [5, 5.41) is 51.0. The van der Waals surface area contributed by atoms with Crippen LogP contribution in [-0.4, -0.2) is 88.7 Å². The van der Waals surface area contributed by atoms with Gasteiger partial charge in [0.05, 0.1) is 11.9 Å². The van der Waals surface area contributed by atoms with Gasteiger partial charge in [0.2, 0.25) is 11.8 Å². The zero-order valence-electron chi connectivity index (χ0n) is 53.1. The predicted molar refractivity (Wildman–Crippen MR) is 339 cm³/mol. The Morgan fingerprint density at radius 3 is 1.13 bits per heavy atom. The number of aromatic nitrogens is 18. The highest BCUT2D eigenvalue weighted by Crippen LogP contribution is 2.04. The fourth-order valence-corrected chi connectivity index (χ4v) is 5.23. The molecule has 3 N–H and O–H groups in total. The van der Waals surface area contributed by atoms with Crippen LogP contribution in [0.4, 0.5) is 0 Å². The Balaban J connectivity index is -0.000000113. The normalized spacial score (nSPS) is 7.74. The lowest BCUT2D eigenvalue weighted by Crippen LogP contribution is -1.83. The lowest BCUT2D eigenvalue weighted by atomic mass is 10.4. The Labute approximate surface area is 488 Å². The summed E-state index contributed by atoms with van der Waals surface area (Å²) >= 11 is 6.13. The molecule has 10 aromatic heterocycles.